The van der Waals surface area contributed by atoms with Crippen molar-refractivity contribution >= 4 is 5.91 Å². The molecule has 0 spiro atoms. The van der Waals surface area contributed by atoms with Crippen molar-refractivity contribution in [3.05, 3.63) is 11.6 Å². The second-order valence-corrected chi connectivity index (χ2v) is 4.99. The van der Waals surface area contributed by atoms with E-state index in [2.05, 4.69) is 19.9 Å². The van der Waals surface area contributed by atoms with E-state index in [4.69, 9.17) is 4.74 Å². The molecule has 7 nitrogen and oxygen atoms in total. The van der Waals surface area contributed by atoms with Crippen LogP contribution in [0.4, 0.5) is 13.2 Å². The normalized spacial score (nSPS) is 21.0. The Balaban J connectivity index is 1.92. The number of rotatable bonds is 4. The highest BCUT2D eigenvalue weighted by Gasteiger charge is 2.33. The van der Waals surface area contributed by atoms with Crippen molar-refractivity contribution in [1.29, 1.82) is 0 Å². The monoisotopic (exact) mass is 322 g/mol. The van der Waals surface area contributed by atoms with Crippen LogP contribution in [0.1, 0.15) is 24.7 Å². The first kappa shape index (κ1) is 16.7. The van der Waals surface area contributed by atoms with Crippen LogP contribution in [0.3, 0.4) is 0 Å². The second-order valence-electron chi connectivity index (χ2n) is 4.99. The fourth-order valence-corrected chi connectivity index (χ4v) is 2.06. The average molecular weight is 322 g/mol. The number of amides is 1. The molecule has 2 unspecified atom stereocenters. The Morgan fingerprint density at radius 2 is 2.32 bits per heavy atom. The molecule has 1 amide bonds. The molecule has 0 aromatic carbocycles. The van der Waals surface area contributed by atoms with Gasteiger partial charge in [0, 0.05) is 6.54 Å². The number of hydrogen-bond acceptors (Lipinski definition) is 5. The van der Waals surface area contributed by atoms with Crippen LogP contribution in [0, 0.1) is 6.92 Å². The van der Waals surface area contributed by atoms with Gasteiger partial charge in [0.1, 0.15) is 24.6 Å². The lowest BCUT2D eigenvalue weighted by Crippen LogP contribution is -2.47. The molecule has 1 aliphatic rings. The first-order valence-corrected chi connectivity index (χ1v) is 6.74. The lowest BCUT2D eigenvalue weighted by atomic mass is 10.2. The van der Waals surface area contributed by atoms with Gasteiger partial charge in [0.25, 0.3) is 5.91 Å². The van der Waals surface area contributed by atoms with Crippen molar-refractivity contribution in [2.45, 2.75) is 32.2 Å². The summed E-state index contributed by atoms with van der Waals surface area (Å²) in [7, 11) is 0. The molecule has 0 bridgehead atoms. The number of nitrogens with one attached hydrogen (secondary N) is 1. The van der Waals surface area contributed by atoms with Gasteiger partial charge in [-0.25, -0.2) is 4.98 Å². The van der Waals surface area contributed by atoms with Gasteiger partial charge in [-0.3, -0.25) is 9.89 Å². The number of aromatic amines is 1. The van der Waals surface area contributed by atoms with Gasteiger partial charge in [-0.1, -0.05) is 0 Å². The number of carbonyl (C=O) groups is 1. The molecule has 0 aliphatic carbocycles. The molecule has 1 fully saturated rings. The fourth-order valence-electron chi connectivity index (χ4n) is 2.06. The molecule has 1 saturated heterocycles. The molecule has 1 aliphatic heterocycles. The van der Waals surface area contributed by atoms with Crippen LogP contribution in [0.2, 0.25) is 0 Å². The van der Waals surface area contributed by atoms with Gasteiger partial charge >= 0.3 is 6.18 Å². The number of alkyl halides is 3. The van der Waals surface area contributed by atoms with Crippen molar-refractivity contribution in [2.75, 3.05) is 26.3 Å². The molecule has 1 N–H and O–H groups in total. The van der Waals surface area contributed by atoms with Crippen molar-refractivity contribution < 1.29 is 27.4 Å². The zero-order chi connectivity index (χ0) is 16.3. The number of aryl methyl sites for hydroxylation is 1. The Labute approximate surface area is 124 Å². The molecule has 2 rings (SSSR count). The molecular formula is C12H17F3N4O3. The van der Waals surface area contributed by atoms with Crippen molar-refractivity contribution in [3.8, 4) is 0 Å². The molecule has 1 aromatic heterocycles. The highest BCUT2D eigenvalue weighted by molar-refractivity contribution is 5.80. The van der Waals surface area contributed by atoms with E-state index in [1.165, 1.54) is 11.8 Å². The summed E-state index contributed by atoms with van der Waals surface area (Å²) >= 11 is 0. The first-order chi connectivity index (χ1) is 10.3. The first-order valence-electron chi connectivity index (χ1n) is 6.74. The summed E-state index contributed by atoms with van der Waals surface area (Å²) in [5.74, 6) is 0.521. The number of morpholine rings is 1. The second kappa shape index (κ2) is 6.61. The van der Waals surface area contributed by atoms with Crippen LogP contribution in [-0.2, 0) is 14.3 Å². The summed E-state index contributed by atoms with van der Waals surface area (Å²) in [5.41, 5.74) is 0. The molecule has 0 radical (unpaired) electrons. The van der Waals surface area contributed by atoms with Crippen molar-refractivity contribution in [2.24, 2.45) is 0 Å². The molecular weight excluding hydrogens is 305 g/mol. The highest BCUT2D eigenvalue weighted by atomic mass is 19.4. The van der Waals surface area contributed by atoms with Crippen LogP contribution < -0.4 is 0 Å². The van der Waals surface area contributed by atoms with Crippen molar-refractivity contribution in [1.82, 2.24) is 20.1 Å². The fraction of sp³-hybridized carbons (Fsp3) is 0.750. The number of nitrogens with zero attached hydrogens (tertiary/aromatic N) is 3. The minimum atomic E-state index is -4.46. The Kier molecular flexibility index (Phi) is 5.01. The quantitative estimate of drug-likeness (QED) is 0.894. The zero-order valence-electron chi connectivity index (χ0n) is 12.2. The Bertz CT molecular complexity index is 520. The third-order valence-electron chi connectivity index (χ3n) is 3.13. The van der Waals surface area contributed by atoms with E-state index in [1.54, 1.807) is 6.92 Å². The van der Waals surface area contributed by atoms with E-state index in [-0.39, 0.29) is 13.2 Å². The van der Waals surface area contributed by atoms with E-state index < -0.39 is 30.9 Å². The van der Waals surface area contributed by atoms with Crippen LogP contribution in [0.25, 0.3) is 0 Å². The van der Waals surface area contributed by atoms with Crippen LogP contribution >= 0.6 is 0 Å². The summed E-state index contributed by atoms with van der Waals surface area (Å²) in [6.07, 6.45) is -6.13. The maximum absolute atomic E-state index is 12.1. The summed E-state index contributed by atoms with van der Waals surface area (Å²) in [4.78, 5) is 17.7. The Morgan fingerprint density at radius 3 is 2.91 bits per heavy atom. The number of ether oxygens (including phenoxy) is 2. The standard InChI is InChI=1S/C12H17F3N4O3/c1-7(22-6-12(13,14)15)11(20)19-3-4-21-9(5-19)10-16-8(2)17-18-10/h7,9H,3-6H2,1-2H3,(H,16,17,18). The smallest absolute Gasteiger partial charge is 0.366 e. The maximum Gasteiger partial charge on any atom is 0.411 e. The van der Waals surface area contributed by atoms with E-state index >= 15 is 0 Å². The average Bonchev–Trinajstić information content (AvgIpc) is 2.90. The van der Waals surface area contributed by atoms with E-state index in [9.17, 15) is 18.0 Å². The number of aromatic nitrogens is 3. The minimum absolute atomic E-state index is 0.176. The highest BCUT2D eigenvalue weighted by Crippen LogP contribution is 2.21. The number of halogens is 3. The van der Waals surface area contributed by atoms with Gasteiger partial charge in [-0.15, -0.1) is 0 Å². The van der Waals surface area contributed by atoms with E-state index in [0.29, 0.717) is 18.2 Å². The summed E-state index contributed by atoms with van der Waals surface area (Å²) in [6.45, 7) is 2.31. The summed E-state index contributed by atoms with van der Waals surface area (Å²) in [6, 6.07) is 0. The maximum atomic E-state index is 12.1. The number of H-pyrrole nitrogens is 1. The minimum Gasteiger partial charge on any atom is -0.366 e. The predicted molar refractivity (Wildman–Crippen MR) is 67.9 cm³/mol. The van der Waals surface area contributed by atoms with Gasteiger partial charge < -0.3 is 14.4 Å². The SMILES string of the molecule is Cc1nc(C2CN(C(=O)C(C)OCC(F)(F)F)CCO2)n[nH]1. The van der Waals surface area contributed by atoms with Crippen LogP contribution in [0.5, 0.6) is 0 Å². The topological polar surface area (TPSA) is 80.3 Å². The molecule has 1 aromatic rings. The van der Waals surface area contributed by atoms with Crippen LogP contribution in [-0.4, -0.2) is 64.6 Å². The molecule has 0 saturated carbocycles. The van der Waals surface area contributed by atoms with Crippen LogP contribution in [0.15, 0.2) is 0 Å². The van der Waals surface area contributed by atoms with Gasteiger partial charge in [-0.05, 0) is 13.8 Å². The van der Waals surface area contributed by atoms with Gasteiger partial charge in [0.15, 0.2) is 5.82 Å². The lowest BCUT2D eigenvalue weighted by Gasteiger charge is -2.33. The molecule has 124 valence electrons. The van der Waals surface area contributed by atoms with Gasteiger partial charge in [0.05, 0.1) is 13.2 Å². The summed E-state index contributed by atoms with van der Waals surface area (Å²) in [5, 5.41) is 6.64. The molecule has 10 heteroatoms. The Morgan fingerprint density at radius 1 is 1.59 bits per heavy atom. The van der Waals surface area contributed by atoms with Gasteiger partial charge in [0.2, 0.25) is 0 Å². The molecule has 2 atom stereocenters. The summed E-state index contributed by atoms with van der Waals surface area (Å²) < 4.78 is 46.4. The molecule has 2 heterocycles. The van der Waals surface area contributed by atoms with Gasteiger partial charge in [-0.2, -0.15) is 18.3 Å². The van der Waals surface area contributed by atoms with E-state index in [1.807, 2.05) is 0 Å². The van der Waals surface area contributed by atoms with E-state index in [0.717, 1.165) is 0 Å². The van der Waals surface area contributed by atoms with Crippen molar-refractivity contribution in [3.63, 3.8) is 0 Å². The third kappa shape index (κ3) is 4.41. The zero-order valence-corrected chi connectivity index (χ0v) is 12.2. The predicted octanol–water partition coefficient (Wildman–Crippen LogP) is 0.980. The number of hydrogen-bond donors (Lipinski definition) is 1. The lowest BCUT2D eigenvalue weighted by molar-refractivity contribution is -0.190. The number of carbonyl (C=O) groups excluding carboxylic acids is 1. The Hall–Kier alpha value is -1.68. The largest absolute Gasteiger partial charge is 0.411 e. The third-order valence-corrected chi connectivity index (χ3v) is 3.13. The molecule has 22 heavy (non-hydrogen) atoms.